The molecule has 0 spiro atoms. The molecule has 1 heterocycles. The topological polar surface area (TPSA) is 159 Å². The number of carbonyl (C=O) groups is 1. The van der Waals surface area contributed by atoms with Crippen LogP contribution in [0.3, 0.4) is 0 Å². The van der Waals surface area contributed by atoms with Crippen molar-refractivity contribution in [2.24, 2.45) is 5.92 Å². The number of likely N-dealkylation sites (tertiary alicyclic amines) is 1. The number of nitrogens with one attached hydrogen (secondary N) is 1. The highest BCUT2D eigenvalue weighted by molar-refractivity contribution is 9.10. The summed E-state index contributed by atoms with van der Waals surface area (Å²) >= 11 is 3.52. The van der Waals surface area contributed by atoms with Gasteiger partial charge in [-0.15, -0.1) is 0 Å². The number of nitro groups is 1. The van der Waals surface area contributed by atoms with Crippen molar-refractivity contribution in [3.63, 3.8) is 0 Å². The molecule has 11 nitrogen and oxygen atoms in total. The third-order valence-electron chi connectivity index (χ3n) is 10.3. The van der Waals surface area contributed by atoms with Gasteiger partial charge in [-0.1, -0.05) is 131 Å². The lowest BCUT2D eigenvalue weighted by molar-refractivity contribution is -0.387. The van der Waals surface area contributed by atoms with Gasteiger partial charge in [0.15, 0.2) is 4.90 Å². The van der Waals surface area contributed by atoms with Gasteiger partial charge in [0.05, 0.1) is 11.5 Å². The van der Waals surface area contributed by atoms with Crippen molar-refractivity contribution >= 4 is 37.6 Å². The van der Waals surface area contributed by atoms with Crippen molar-refractivity contribution in [1.82, 2.24) is 9.62 Å². The van der Waals surface area contributed by atoms with Gasteiger partial charge in [-0.05, 0) is 52.8 Å². The first-order valence-electron chi connectivity index (χ1n) is 17.9. The van der Waals surface area contributed by atoms with Crippen LogP contribution in [0.2, 0.25) is 0 Å². The number of sulfonamides is 1. The second kappa shape index (κ2) is 17.8. The number of halogens is 1. The van der Waals surface area contributed by atoms with E-state index in [0.29, 0.717) is 0 Å². The monoisotopic (exact) mass is 827 g/mol. The minimum absolute atomic E-state index is 0.133. The molecular formula is C42H42BrN3O8S. The Morgan fingerprint density at radius 3 is 1.87 bits per heavy atom. The number of ether oxygens (including phenoxy) is 1. The molecule has 1 aliphatic rings. The summed E-state index contributed by atoms with van der Waals surface area (Å²) in [6.07, 6.45) is 0.0141. The first-order valence-corrected chi connectivity index (χ1v) is 20.2. The number of aliphatic hydroxyl groups is 1. The maximum absolute atomic E-state index is 13.7. The molecule has 13 heteroatoms. The molecule has 5 aromatic rings. The van der Waals surface area contributed by atoms with Gasteiger partial charge in [0.2, 0.25) is 10.0 Å². The third-order valence-corrected chi connectivity index (χ3v) is 12.3. The average Bonchev–Trinajstić information content (AvgIpc) is 3.19. The minimum atomic E-state index is -4.35. The van der Waals surface area contributed by atoms with E-state index in [1.54, 1.807) is 0 Å². The van der Waals surface area contributed by atoms with Crippen LogP contribution in [-0.2, 0) is 25.2 Å². The summed E-state index contributed by atoms with van der Waals surface area (Å²) in [5, 5.41) is 31.6. The lowest BCUT2D eigenvalue weighted by atomic mass is 9.74. The molecule has 0 aliphatic carbocycles. The van der Waals surface area contributed by atoms with Gasteiger partial charge in [0, 0.05) is 54.7 Å². The number of aliphatic hydroxyl groups excluding tert-OH is 1. The molecule has 4 atom stereocenters. The summed E-state index contributed by atoms with van der Waals surface area (Å²) in [4.78, 5) is 24.7. The molecular weight excluding hydrogens is 786 g/mol. The Kier molecular flexibility index (Phi) is 12.9. The molecule has 0 saturated carbocycles. The lowest BCUT2D eigenvalue weighted by Crippen LogP contribution is -2.68. The lowest BCUT2D eigenvalue weighted by Gasteiger charge is -2.57. The van der Waals surface area contributed by atoms with Gasteiger partial charge >= 0.3 is 5.97 Å². The Bertz CT molecular complexity index is 2060. The first-order chi connectivity index (χ1) is 26.5. The molecule has 1 saturated heterocycles. The highest BCUT2D eigenvalue weighted by Gasteiger charge is 2.51. The molecule has 1 unspecified atom stereocenters. The fraction of sp³-hybridized carbons (Fsp3) is 0.262. The Hall–Kier alpha value is -4.76. The van der Waals surface area contributed by atoms with Crippen LogP contribution < -0.4 is 4.72 Å². The van der Waals surface area contributed by atoms with E-state index in [2.05, 4.69) is 25.6 Å². The van der Waals surface area contributed by atoms with E-state index in [1.807, 2.05) is 115 Å². The van der Waals surface area contributed by atoms with Crippen molar-refractivity contribution < 1.29 is 33.1 Å². The maximum Gasteiger partial charge on any atom is 0.303 e. The number of aliphatic carboxylic acids is 1. The quantitative estimate of drug-likeness (QED) is 0.0483. The Labute approximate surface area is 328 Å². The van der Waals surface area contributed by atoms with E-state index in [-0.39, 0.29) is 51.1 Å². The van der Waals surface area contributed by atoms with Crippen LogP contribution in [0.1, 0.15) is 41.0 Å². The van der Waals surface area contributed by atoms with Crippen LogP contribution in [0.25, 0.3) is 0 Å². The van der Waals surface area contributed by atoms with Crippen molar-refractivity contribution in [1.29, 1.82) is 0 Å². The first kappa shape index (κ1) is 39.9. The van der Waals surface area contributed by atoms with E-state index in [9.17, 15) is 33.5 Å². The highest BCUT2D eigenvalue weighted by atomic mass is 79.9. The molecule has 0 aromatic heterocycles. The summed E-state index contributed by atoms with van der Waals surface area (Å²) in [6, 6.07) is 41.8. The second-order valence-electron chi connectivity index (χ2n) is 13.6. The summed E-state index contributed by atoms with van der Waals surface area (Å²) in [5.74, 6) is -1.80. The van der Waals surface area contributed by atoms with Crippen LogP contribution in [0, 0.1) is 16.0 Å². The van der Waals surface area contributed by atoms with Gasteiger partial charge in [-0.2, -0.15) is 0 Å². The minimum Gasteiger partial charge on any atom is -0.481 e. The molecule has 0 amide bonds. The predicted octanol–water partition coefficient (Wildman–Crippen LogP) is 6.95. The third kappa shape index (κ3) is 8.88. The normalized spacial score (nSPS) is 18.0. The van der Waals surface area contributed by atoms with E-state index in [1.165, 1.54) is 18.2 Å². The van der Waals surface area contributed by atoms with Crippen LogP contribution in [-0.4, -0.2) is 72.8 Å². The number of rotatable bonds is 18. The predicted molar refractivity (Wildman–Crippen MR) is 212 cm³/mol. The van der Waals surface area contributed by atoms with Crippen molar-refractivity contribution in [2.45, 2.75) is 41.3 Å². The number of nitro benzene ring substituents is 1. The number of nitrogens with zero attached hydrogens (tertiary/aromatic N) is 2. The number of carboxylic acids is 1. The molecule has 55 heavy (non-hydrogen) atoms. The number of para-hydroxylation sites is 1. The molecule has 0 radical (unpaired) electrons. The van der Waals surface area contributed by atoms with Gasteiger partial charge in [-0.25, -0.2) is 13.1 Å². The van der Waals surface area contributed by atoms with Crippen molar-refractivity contribution in [3.05, 3.63) is 176 Å². The molecule has 6 rings (SSSR count). The van der Waals surface area contributed by atoms with E-state index in [4.69, 9.17) is 4.74 Å². The van der Waals surface area contributed by atoms with Gasteiger partial charge < -0.3 is 14.9 Å². The summed E-state index contributed by atoms with van der Waals surface area (Å²) in [5.41, 5.74) is 2.00. The van der Waals surface area contributed by atoms with Crippen LogP contribution in [0.15, 0.2) is 149 Å². The van der Waals surface area contributed by atoms with Gasteiger partial charge in [0.25, 0.3) is 5.69 Å². The Morgan fingerprint density at radius 2 is 1.36 bits per heavy atom. The van der Waals surface area contributed by atoms with Crippen LogP contribution in [0.5, 0.6) is 0 Å². The maximum atomic E-state index is 13.7. The van der Waals surface area contributed by atoms with Gasteiger partial charge in [-0.3, -0.25) is 19.8 Å². The Balaban J connectivity index is 1.43. The van der Waals surface area contributed by atoms with Crippen molar-refractivity contribution in [2.75, 3.05) is 26.3 Å². The smallest absolute Gasteiger partial charge is 0.303 e. The van der Waals surface area contributed by atoms with Crippen LogP contribution in [0.4, 0.5) is 5.69 Å². The summed E-state index contributed by atoms with van der Waals surface area (Å²) in [7, 11) is -4.35. The molecule has 5 aromatic carbocycles. The summed E-state index contributed by atoms with van der Waals surface area (Å²) < 4.78 is 38.2. The molecule has 286 valence electrons. The fourth-order valence-corrected chi connectivity index (χ4v) is 9.22. The highest BCUT2D eigenvalue weighted by Crippen LogP contribution is 2.46. The standard InChI is InChI=1S/C42H42BrN3O8S/c43-35-22-20-31(21-23-35)41-37(27-44-55(52,53)39-19-11-10-18-36(39)46(50)51)45(28-30(24-25-47)26-40(48)49)38(41)29-54-42(32-12-4-1-5-13-32,33-14-6-2-7-15-33)34-16-8-3-9-17-34/h1-23,30,37-38,41,44,47H,24-29H2,(H,48,49)/t30?,37-,38+,41+/m0/s1. The number of benzene rings is 5. The van der Waals surface area contributed by atoms with E-state index in [0.717, 1.165) is 32.8 Å². The van der Waals surface area contributed by atoms with Crippen LogP contribution >= 0.6 is 15.9 Å². The fourth-order valence-electron chi connectivity index (χ4n) is 7.73. The zero-order valence-corrected chi connectivity index (χ0v) is 32.3. The van der Waals surface area contributed by atoms with Crippen molar-refractivity contribution in [3.8, 4) is 0 Å². The second-order valence-corrected chi connectivity index (χ2v) is 16.2. The van der Waals surface area contributed by atoms with Gasteiger partial charge in [0.1, 0.15) is 5.60 Å². The zero-order valence-electron chi connectivity index (χ0n) is 29.9. The Morgan fingerprint density at radius 1 is 0.836 bits per heavy atom. The molecule has 1 aliphatic heterocycles. The van der Waals surface area contributed by atoms with E-state index < -0.39 is 49.1 Å². The number of hydrogen-bond donors (Lipinski definition) is 3. The largest absolute Gasteiger partial charge is 0.481 e. The molecule has 3 N–H and O–H groups in total. The van der Waals surface area contributed by atoms with E-state index >= 15 is 0 Å². The zero-order chi connectivity index (χ0) is 39.0. The molecule has 0 bridgehead atoms. The SMILES string of the molecule is O=C(O)CC(CCO)CN1[C@H](COC(c2ccccc2)(c2ccccc2)c2ccccc2)[C@H](c2ccc(Br)cc2)[C@@H]1CNS(=O)(=O)c1ccccc1[N+](=O)[O-]. The number of carboxylic acid groups (broad SMARTS) is 1. The summed E-state index contributed by atoms with van der Waals surface area (Å²) in [6.45, 7) is 0.00939. The molecule has 1 fully saturated rings. The average molecular weight is 829 g/mol. The number of hydrogen-bond acceptors (Lipinski definition) is 8.